The Labute approximate surface area is 123 Å². The van der Waals surface area contributed by atoms with E-state index in [1.165, 1.54) is 0 Å². The molecule has 1 N–H and O–H groups in total. The van der Waals surface area contributed by atoms with Crippen LogP contribution in [0.1, 0.15) is 31.8 Å². The van der Waals surface area contributed by atoms with E-state index in [4.69, 9.17) is 0 Å². The maximum atomic E-state index is 12.0. The highest BCUT2D eigenvalue weighted by atomic mass is 16.2. The van der Waals surface area contributed by atoms with Crippen LogP contribution in [0.3, 0.4) is 0 Å². The van der Waals surface area contributed by atoms with E-state index in [0.717, 1.165) is 17.3 Å². The van der Waals surface area contributed by atoms with Crippen LogP contribution in [0.4, 0.5) is 0 Å². The Balaban J connectivity index is 2.01. The van der Waals surface area contributed by atoms with E-state index in [0.29, 0.717) is 11.1 Å². The van der Waals surface area contributed by atoms with Gasteiger partial charge in [-0.25, -0.2) is 5.43 Å². The number of nitrogens with one attached hydrogen (secondary N) is 1. The zero-order valence-corrected chi connectivity index (χ0v) is 12.0. The standard InChI is InChI=1S/C17H16N2O2/c1-12-8-9-15(13(2)10-12)17(21)19-18-11-16(20)14-6-4-3-5-7-14/h3-11H,1-2H3,(H,19,21)/b18-11+. The van der Waals surface area contributed by atoms with Crippen molar-refractivity contribution in [3.05, 3.63) is 70.8 Å². The van der Waals surface area contributed by atoms with E-state index >= 15 is 0 Å². The average molecular weight is 280 g/mol. The third kappa shape index (κ3) is 3.86. The fourth-order valence-corrected chi connectivity index (χ4v) is 1.96. The third-order valence-electron chi connectivity index (χ3n) is 3.03. The Morgan fingerprint density at radius 3 is 2.43 bits per heavy atom. The van der Waals surface area contributed by atoms with Crippen LogP contribution in [0.5, 0.6) is 0 Å². The fraction of sp³-hybridized carbons (Fsp3) is 0.118. The van der Waals surface area contributed by atoms with Crippen LogP contribution in [-0.2, 0) is 0 Å². The molecule has 2 rings (SSSR count). The van der Waals surface area contributed by atoms with Gasteiger partial charge in [0.1, 0.15) is 0 Å². The maximum Gasteiger partial charge on any atom is 0.271 e. The summed E-state index contributed by atoms with van der Waals surface area (Å²) in [4.78, 5) is 23.7. The molecule has 0 aliphatic heterocycles. The quantitative estimate of drug-likeness (QED) is 0.532. The Bertz CT molecular complexity index is 691. The van der Waals surface area contributed by atoms with Crippen molar-refractivity contribution in [2.45, 2.75) is 13.8 Å². The molecule has 0 fully saturated rings. The lowest BCUT2D eigenvalue weighted by molar-refractivity contribution is 0.0954. The molecular formula is C17H16N2O2. The second kappa shape index (κ2) is 6.61. The highest BCUT2D eigenvalue weighted by molar-refractivity contribution is 6.35. The number of aryl methyl sites for hydroxylation is 2. The first-order chi connectivity index (χ1) is 10.1. The summed E-state index contributed by atoms with van der Waals surface area (Å²) in [5.74, 6) is -0.582. The van der Waals surface area contributed by atoms with Crippen LogP contribution in [0.2, 0.25) is 0 Å². The van der Waals surface area contributed by atoms with Crippen molar-refractivity contribution in [1.29, 1.82) is 0 Å². The van der Waals surface area contributed by atoms with Gasteiger partial charge in [0.15, 0.2) is 0 Å². The molecule has 2 aromatic carbocycles. The van der Waals surface area contributed by atoms with Crippen LogP contribution in [0.25, 0.3) is 0 Å². The van der Waals surface area contributed by atoms with Gasteiger partial charge in [-0.3, -0.25) is 9.59 Å². The molecule has 0 saturated carbocycles. The van der Waals surface area contributed by atoms with Crippen molar-refractivity contribution in [2.75, 3.05) is 0 Å². The van der Waals surface area contributed by atoms with Gasteiger partial charge in [0.2, 0.25) is 5.78 Å². The predicted octanol–water partition coefficient (Wildman–Crippen LogP) is 2.90. The molecule has 0 aromatic heterocycles. The number of nitrogens with zero attached hydrogens (tertiary/aromatic N) is 1. The van der Waals surface area contributed by atoms with E-state index in [2.05, 4.69) is 10.5 Å². The van der Waals surface area contributed by atoms with Gasteiger partial charge in [-0.15, -0.1) is 0 Å². The molecule has 4 heteroatoms. The number of Topliss-reactive ketones (excluding diaryl/α,β-unsaturated/α-hetero) is 1. The Morgan fingerprint density at radius 1 is 1.05 bits per heavy atom. The van der Waals surface area contributed by atoms with E-state index in [9.17, 15) is 9.59 Å². The van der Waals surface area contributed by atoms with Crippen LogP contribution >= 0.6 is 0 Å². The van der Waals surface area contributed by atoms with Crippen LogP contribution in [-0.4, -0.2) is 17.9 Å². The molecule has 0 spiro atoms. The lowest BCUT2D eigenvalue weighted by Gasteiger charge is -2.04. The average Bonchev–Trinajstić information content (AvgIpc) is 2.47. The third-order valence-corrected chi connectivity index (χ3v) is 3.03. The number of hydrogen-bond acceptors (Lipinski definition) is 3. The van der Waals surface area contributed by atoms with Gasteiger partial charge in [-0.05, 0) is 25.5 Å². The molecule has 4 nitrogen and oxygen atoms in total. The molecular weight excluding hydrogens is 264 g/mol. The summed E-state index contributed by atoms with van der Waals surface area (Å²) in [6.45, 7) is 3.83. The summed E-state index contributed by atoms with van der Waals surface area (Å²) >= 11 is 0. The van der Waals surface area contributed by atoms with E-state index in [1.807, 2.05) is 32.0 Å². The number of rotatable bonds is 4. The van der Waals surface area contributed by atoms with Gasteiger partial charge in [0.25, 0.3) is 5.91 Å². The first-order valence-electron chi connectivity index (χ1n) is 6.58. The molecule has 2 aromatic rings. The fourth-order valence-electron chi connectivity index (χ4n) is 1.96. The summed E-state index contributed by atoms with van der Waals surface area (Å²) in [5, 5.41) is 3.71. The zero-order valence-electron chi connectivity index (χ0n) is 12.0. The minimum atomic E-state index is -0.329. The lowest BCUT2D eigenvalue weighted by atomic mass is 10.1. The number of amides is 1. The molecule has 0 aliphatic carbocycles. The molecule has 0 aliphatic rings. The van der Waals surface area contributed by atoms with Gasteiger partial charge < -0.3 is 0 Å². The second-order valence-electron chi connectivity index (χ2n) is 4.75. The van der Waals surface area contributed by atoms with E-state index < -0.39 is 0 Å². The molecule has 0 atom stereocenters. The van der Waals surface area contributed by atoms with Gasteiger partial charge in [-0.2, -0.15) is 5.10 Å². The van der Waals surface area contributed by atoms with Crippen LogP contribution < -0.4 is 5.43 Å². The van der Waals surface area contributed by atoms with Crippen molar-refractivity contribution >= 4 is 17.9 Å². The van der Waals surface area contributed by atoms with Crippen molar-refractivity contribution in [3.63, 3.8) is 0 Å². The summed E-state index contributed by atoms with van der Waals surface area (Å²) in [5.41, 5.74) is 5.41. The highest BCUT2D eigenvalue weighted by Crippen LogP contribution is 2.10. The highest BCUT2D eigenvalue weighted by Gasteiger charge is 2.08. The number of hydrogen-bond donors (Lipinski definition) is 1. The summed E-state index contributed by atoms with van der Waals surface area (Å²) in [6, 6.07) is 14.3. The van der Waals surface area contributed by atoms with Gasteiger partial charge in [0.05, 0.1) is 6.21 Å². The number of carbonyl (C=O) groups excluding carboxylic acids is 2. The van der Waals surface area contributed by atoms with Gasteiger partial charge in [0, 0.05) is 11.1 Å². The first kappa shape index (κ1) is 14.7. The second-order valence-corrected chi connectivity index (χ2v) is 4.75. The van der Waals surface area contributed by atoms with Crippen LogP contribution in [0.15, 0.2) is 53.6 Å². The van der Waals surface area contributed by atoms with Crippen molar-refractivity contribution in [1.82, 2.24) is 5.43 Å². The predicted molar refractivity (Wildman–Crippen MR) is 82.6 cm³/mol. The number of benzene rings is 2. The molecule has 0 bridgehead atoms. The summed E-state index contributed by atoms with van der Waals surface area (Å²) in [6.07, 6.45) is 1.11. The van der Waals surface area contributed by atoms with E-state index in [1.54, 1.807) is 30.3 Å². The molecule has 21 heavy (non-hydrogen) atoms. The SMILES string of the molecule is Cc1ccc(C(=O)N/N=C/C(=O)c2ccccc2)c(C)c1. The minimum absolute atomic E-state index is 0.253. The maximum absolute atomic E-state index is 12.0. The number of hydrazone groups is 1. The van der Waals surface area contributed by atoms with Gasteiger partial charge >= 0.3 is 0 Å². The summed E-state index contributed by atoms with van der Waals surface area (Å²) < 4.78 is 0. The monoisotopic (exact) mass is 280 g/mol. The largest absolute Gasteiger partial charge is 0.287 e. The minimum Gasteiger partial charge on any atom is -0.287 e. The smallest absolute Gasteiger partial charge is 0.271 e. The number of ketones is 1. The normalized spacial score (nSPS) is 10.6. The number of carbonyl (C=O) groups is 2. The molecule has 1 amide bonds. The molecule has 0 heterocycles. The molecule has 106 valence electrons. The van der Waals surface area contributed by atoms with Crippen molar-refractivity contribution < 1.29 is 9.59 Å². The zero-order chi connectivity index (χ0) is 15.2. The lowest BCUT2D eigenvalue weighted by Crippen LogP contribution is -2.19. The molecule has 0 saturated heterocycles. The first-order valence-corrected chi connectivity index (χ1v) is 6.58. The summed E-state index contributed by atoms with van der Waals surface area (Å²) in [7, 11) is 0. The van der Waals surface area contributed by atoms with Crippen molar-refractivity contribution in [3.8, 4) is 0 Å². The van der Waals surface area contributed by atoms with Crippen molar-refractivity contribution in [2.24, 2.45) is 5.10 Å². The molecule has 0 unspecified atom stereocenters. The Kier molecular flexibility index (Phi) is 4.61. The Morgan fingerprint density at radius 2 is 1.76 bits per heavy atom. The van der Waals surface area contributed by atoms with E-state index in [-0.39, 0.29) is 11.7 Å². The molecule has 0 radical (unpaired) electrons. The van der Waals surface area contributed by atoms with Gasteiger partial charge in [-0.1, -0.05) is 48.0 Å². The Hall–Kier alpha value is -2.75. The topological polar surface area (TPSA) is 58.5 Å². The van der Waals surface area contributed by atoms with Crippen LogP contribution in [0, 0.1) is 13.8 Å².